The molecule has 1 heterocycles. The van der Waals surface area contributed by atoms with E-state index >= 15 is 0 Å². The van der Waals surface area contributed by atoms with Crippen molar-refractivity contribution >= 4 is 33.3 Å². The first-order chi connectivity index (χ1) is 9.01. The molecule has 102 valence electrons. The molecule has 1 aliphatic rings. The van der Waals surface area contributed by atoms with Crippen LogP contribution in [0.15, 0.2) is 35.0 Å². The number of aromatic nitrogens is 2. The van der Waals surface area contributed by atoms with Crippen molar-refractivity contribution in [1.29, 1.82) is 0 Å². The molecule has 1 saturated carbocycles. The van der Waals surface area contributed by atoms with E-state index in [-0.39, 0.29) is 0 Å². The number of hydrogen-bond acceptors (Lipinski definition) is 5. The van der Waals surface area contributed by atoms with Gasteiger partial charge in [-0.15, -0.1) is 0 Å². The van der Waals surface area contributed by atoms with Gasteiger partial charge < -0.3 is 10.7 Å². The van der Waals surface area contributed by atoms with Crippen LogP contribution in [0.5, 0.6) is 0 Å². The van der Waals surface area contributed by atoms with Gasteiger partial charge in [0.25, 0.3) is 0 Å². The van der Waals surface area contributed by atoms with E-state index in [4.69, 9.17) is 17.4 Å². The summed E-state index contributed by atoms with van der Waals surface area (Å²) in [5.41, 5.74) is 4.36. The molecule has 0 unspecified atom stereocenters. The zero-order chi connectivity index (χ0) is 14.0. The maximum absolute atomic E-state index is 6.00. The molecule has 2 atom stereocenters. The molecule has 7 heteroatoms. The standard InChI is InChI=1S/C12H15BrClN5/c1-6-3-8(6)10(19-15)4-7(2)17-11-9(14)5-16-12(13)18-11/h4-6,8,19H,2-3,15H2,1H3,(H,16,17,18)/b10-4-/t6-,8-/m0/s1. The van der Waals surface area contributed by atoms with Crippen molar-refractivity contribution in [3.05, 3.63) is 40.0 Å². The average Bonchev–Trinajstić information content (AvgIpc) is 3.08. The number of anilines is 1. The fraction of sp³-hybridized carbons (Fsp3) is 0.333. The Bertz CT molecular complexity index is 531. The van der Waals surface area contributed by atoms with E-state index in [1.807, 2.05) is 6.08 Å². The molecule has 2 rings (SSSR count). The third-order valence-corrected chi connectivity index (χ3v) is 3.66. The van der Waals surface area contributed by atoms with E-state index < -0.39 is 0 Å². The highest BCUT2D eigenvalue weighted by Gasteiger charge is 2.35. The number of hydrazine groups is 1. The number of nitrogens with zero attached hydrogens (tertiary/aromatic N) is 2. The SMILES string of the molecule is C=C(/C=C(\NN)[C@H]1C[C@@H]1C)Nc1nc(Br)ncc1Cl. The topological polar surface area (TPSA) is 75.9 Å². The summed E-state index contributed by atoms with van der Waals surface area (Å²) in [6.07, 6.45) is 4.53. The van der Waals surface area contributed by atoms with Gasteiger partial charge in [0.15, 0.2) is 10.6 Å². The molecule has 0 spiro atoms. The molecule has 1 fully saturated rings. The highest BCUT2D eigenvalue weighted by molar-refractivity contribution is 9.10. The van der Waals surface area contributed by atoms with E-state index in [9.17, 15) is 0 Å². The van der Waals surface area contributed by atoms with Crippen LogP contribution in [0.1, 0.15) is 13.3 Å². The Morgan fingerprint density at radius 2 is 2.37 bits per heavy atom. The maximum Gasteiger partial charge on any atom is 0.198 e. The third-order valence-electron chi connectivity index (χ3n) is 3.00. The van der Waals surface area contributed by atoms with Crippen molar-refractivity contribution in [2.45, 2.75) is 13.3 Å². The zero-order valence-electron chi connectivity index (χ0n) is 10.5. The third kappa shape index (κ3) is 3.68. The molecule has 0 radical (unpaired) electrons. The summed E-state index contributed by atoms with van der Waals surface area (Å²) in [6.45, 7) is 6.11. The monoisotopic (exact) mass is 343 g/mol. The minimum Gasteiger partial charge on any atom is -0.339 e. The van der Waals surface area contributed by atoms with Gasteiger partial charge in [-0.1, -0.05) is 25.1 Å². The molecular weight excluding hydrogens is 330 g/mol. The molecule has 1 aliphatic carbocycles. The van der Waals surface area contributed by atoms with E-state index in [1.54, 1.807) is 0 Å². The van der Waals surface area contributed by atoms with Crippen LogP contribution in [0.3, 0.4) is 0 Å². The molecule has 0 aliphatic heterocycles. The van der Waals surface area contributed by atoms with Crippen LogP contribution in [0.2, 0.25) is 5.02 Å². The molecule has 4 N–H and O–H groups in total. The first kappa shape index (κ1) is 14.3. The molecule has 1 aromatic heterocycles. The molecule has 5 nitrogen and oxygen atoms in total. The van der Waals surface area contributed by atoms with Crippen LogP contribution in [0.4, 0.5) is 5.82 Å². The smallest absolute Gasteiger partial charge is 0.198 e. The molecule has 1 aromatic rings. The fourth-order valence-electron chi connectivity index (χ4n) is 1.82. The van der Waals surface area contributed by atoms with Gasteiger partial charge in [0.2, 0.25) is 0 Å². The molecule has 19 heavy (non-hydrogen) atoms. The predicted octanol–water partition coefficient (Wildman–Crippen LogP) is 2.82. The van der Waals surface area contributed by atoms with Crippen molar-refractivity contribution in [3.8, 4) is 0 Å². The largest absolute Gasteiger partial charge is 0.339 e. The fourth-order valence-corrected chi connectivity index (χ4v) is 2.24. The number of halogens is 2. The Hall–Kier alpha value is -1.11. The van der Waals surface area contributed by atoms with E-state index in [1.165, 1.54) is 6.20 Å². The molecule has 0 bridgehead atoms. The second-order valence-electron chi connectivity index (χ2n) is 4.55. The van der Waals surface area contributed by atoms with Crippen molar-refractivity contribution in [3.63, 3.8) is 0 Å². The summed E-state index contributed by atoms with van der Waals surface area (Å²) in [7, 11) is 0. The Morgan fingerprint density at radius 3 is 2.95 bits per heavy atom. The van der Waals surface area contributed by atoms with Crippen LogP contribution in [0.25, 0.3) is 0 Å². The van der Waals surface area contributed by atoms with Gasteiger partial charge in [0, 0.05) is 17.3 Å². The zero-order valence-corrected chi connectivity index (χ0v) is 12.8. The lowest BCUT2D eigenvalue weighted by Gasteiger charge is -2.10. The van der Waals surface area contributed by atoms with Gasteiger partial charge in [0.05, 0.1) is 6.20 Å². The summed E-state index contributed by atoms with van der Waals surface area (Å²) in [6, 6.07) is 0. The Labute approximate surface area is 125 Å². The van der Waals surface area contributed by atoms with Gasteiger partial charge in [-0.2, -0.15) is 0 Å². The number of nitrogens with one attached hydrogen (secondary N) is 2. The van der Waals surface area contributed by atoms with Gasteiger partial charge in [-0.05, 0) is 34.3 Å². The first-order valence-corrected chi connectivity index (χ1v) is 7.00. The van der Waals surface area contributed by atoms with Crippen LogP contribution in [-0.2, 0) is 0 Å². The lowest BCUT2D eigenvalue weighted by atomic mass is 10.2. The minimum absolute atomic E-state index is 0.430. The van der Waals surface area contributed by atoms with E-state index in [0.717, 1.165) is 12.1 Å². The summed E-state index contributed by atoms with van der Waals surface area (Å²) in [5.74, 6) is 7.17. The molecular formula is C12H15BrClN5. The van der Waals surface area contributed by atoms with Gasteiger partial charge in [0.1, 0.15) is 5.02 Å². The van der Waals surface area contributed by atoms with Gasteiger partial charge >= 0.3 is 0 Å². The average molecular weight is 345 g/mol. The molecule has 0 amide bonds. The second-order valence-corrected chi connectivity index (χ2v) is 5.67. The van der Waals surface area contributed by atoms with Crippen molar-refractivity contribution in [2.75, 3.05) is 5.32 Å². The second kappa shape index (κ2) is 5.90. The summed E-state index contributed by atoms with van der Waals surface area (Å²) >= 11 is 9.19. The maximum atomic E-state index is 6.00. The number of allylic oxidation sites excluding steroid dienone is 2. The first-order valence-electron chi connectivity index (χ1n) is 5.83. The molecule has 0 aromatic carbocycles. The van der Waals surface area contributed by atoms with Crippen LogP contribution in [0, 0.1) is 11.8 Å². The quantitative estimate of drug-likeness (QED) is 0.331. The number of hydrogen-bond donors (Lipinski definition) is 3. The van der Waals surface area contributed by atoms with E-state index in [0.29, 0.717) is 33.1 Å². The van der Waals surface area contributed by atoms with Crippen molar-refractivity contribution in [2.24, 2.45) is 17.7 Å². The lowest BCUT2D eigenvalue weighted by molar-refractivity contribution is 0.741. The highest BCUT2D eigenvalue weighted by Crippen LogP contribution is 2.42. The van der Waals surface area contributed by atoms with Crippen molar-refractivity contribution < 1.29 is 0 Å². The van der Waals surface area contributed by atoms with Crippen LogP contribution in [-0.4, -0.2) is 9.97 Å². The number of nitrogens with two attached hydrogens (primary N) is 1. The predicted molar refractivity (Wildman–Crippen MR) is 80.2 cm³/mol. The summed E-state index contributed by atoms with van der Waals surface area (Å²) in [5, 5.41) is 3.46. The number of rotatable bonds is 5. The summed E-state index contributed by atoms with van der Waals surface area (Å²) < 4.78 is 0.462. The normalized spacial score (nSPS) is 22.0. The molecule has 0 saturated heterocycles. The van der Waals surface area contributed by atoms with E-state index in [2.05, 4.69) is 50.1 Å². The van der Waals surface area contributed by atoms with Crippen LogP contribution >= 0.6 is 27.5 Å². The minimum atomic E-state index is 0.430. The Morgan fingerprint density at radius 1 is 1.68 bits per heavy atom. The van der Waals surface area contributed by atoms with Crippen molar-refractivity contribution in [1.82, 2.24) is 15.4 Å². The lowest BCUT2D eigenvalue weighted by Crippen LogP contribution is -2.23. The van der Waals surface area contributed by atoms with Gasteiger partial charge in [-0.3, -0.25) is 5.84 Å². The highest BCUT2D eigenvalue weighted by atomic mass is 79.9. The summed E-state index contributed by atoms with van der Waals surface area (Å²) in [4.78, 5) is 8.07. The Balaban J connectivity index is 2.08. The van der Waals surface area contributed by atoms with Crippen LogP contribution < -0.4 is 16.6 Å². The van der Waals surface area contributed by atoms with Gasteiger partial charge in [-0.25, -0.2) is 9.97 Å². The Kier molecular flexibility index (Phi) is 4.44.